The molecule has 1 saturated carbocycles. The number of piperidine rings is 1. The smallest absolute Gasteiger partial charge is 0.0695 e. The molecule has 0 bridgehead atoms. The van der Waals surface area contributed by atoms with E-state index >= 15 is 0 Å². The third-order valence-corrected chi connectivity index (χ3v) is 5.25. The number of hydrogen-bond acceptors (Lipinski definition) is 3. The van der Waals surface area contributed by atoms with Crippen molar-refractivity contribution in [3.63, 3.8) is 0 Å². The monoisotopic (exact) mass is 252 g/mol. The molecule has 3 unspecified atom stereocenters. The van der Waals surface area contributed by atoms with Crippen LogP contribution in [0.5, 0.6) is 0 Å². The van der Waals surface area contributed by atoms with Crippen molar-refractivity contribution >= 4 is 0 Å². The Morgan fingerprint density at radius 3 is 2.22 bits per heavy atom. The van der Waals surface area contributed by atoms with Gasteiger partial charge in [0.2, 0.25) is 0 Å². The molecule has 1 N–H and O–H groups in total. The van der Waals surface area contributed by atoms with Crippen LogP contribution in [0.3, 0.4) is 0 Å². The van der Waals surface area contributed by atoms with E-state index in [4.69, 9.17) is 0 Å². The minimum Gasteiger partial charge on any atom is -0.391 e. The number of hydrogen-bond donors (Lipinski definition) is 1. The van der Waals surface area contributed by atoms with Gasteiger partial charge in [0.15, 0.2) is 0 Å². The number of aliphatic hydroxyl groups excluding tert-OH is 1. The molecule has 3 heteroatoms. The molecule has 0 amide bonds. The second-order valence-electron chi connectivity index (χ2n) is 6.45. The summed E-state index contributed by atoms with van der Waals surface area (Å²) < 4.78 is 0. The van der Waals surface area contributed by atoms with E-state index in [2.05, 4.69) is 9.80 Å². The molecule has 18 heavy (non-hydrogen) atoms. The summed E-state index contributed by atoms with van der Waals surface area (Å²) in [5, 5.41) is 10.2. The predicted molar refractivity (Wildman–Crippen MR) is 73.7 cm³/mol. The summed E-state index contributed by atoms with van der Waals surface area (Å²) in [6.45, 7) is 5.05. The van der Waals surface area contributed by atoms with Gasteiger partial charge in [-0.15, -0.1) is 0 Å². The van der Waals surface area contributed by atoms with Crippen molar-refractivity contribution in [2.45, 2.75) is 69.6 Å². The Morgan fingerprint density at radius 1 is 0.722 bits per heavy atom. The van der Waals surface area contributed by atoms with Crippen LogP contribution in [-0.2, 0) is 0 Å². The zero-order chi connectivity index (χ0) is 12.4. The van der Waals surface area contributed by atoms with Crippen molar-refractivity contribution in [2.24, 2.45) is 0 Å². The molecule has 2 saturated heterocycles. The summed E-state index contributed by atoms with van der Waals surface area (Å²) in [5.74, 6) is 0. The average Bonchev–Trinajstić information content (AvgIpc) is 2.93. The molecule has 3 aliphatic rings. The van der Waals surface area contributed by atoms with E-state index < -0.39 is 0 Å². The van der Waals surface area contributed by atoms with Gasteiger partial charge in [0.1, 0.15) is 0 Å². The van der Waals surface area contributed by atoms with Crippen LogP contribution in [0.15, 0.2) is 0 Å². The van der Waals surface area contributed by atoms with E-state index in [1.165, 1.54) is 71.1 Å². The molecule has 0 radical (unpaired) electrons. The van der Waals surface area contributed by atoms with E-state index in [9.17, 15) is 5.11 Å². The van der Waals surface area contributed by atoms with Gasteiger partial charge in [-0.25, -0.2) is 0 Å². The Labute approximate surface area is 111 Å². The van der Waals surface area contributed by atoms with E-state index in [0.717, 1.165) is 12.5 Å². The maximum Gasteiger partial charge on any atom is 0.0695 e. The molecule has 3 nitrogen and oxygen atoms in total. The van der Waals surface area contributed by atoms with Gasteiger partial charge in [0, 0.05) is 18.6 Å². The molecule has 0 aromatic carbocycles. The largest absolute Gasteiger partial charge is 0.391 e. The average molecular weight is 252 g/mol. The first kappa shape index (κ1) is 12.9. The van der Waals surface area contributed by atoms with Gasteiger partial charge in [-0.1, -0.05) is 12.8 Å². The maximum atomic E-state index is 10.2. The first-order valence-corrected chi connectivity index (χ1v) is 8.01. The fourth-order valence-corrected chi connectivity index (χ4v) is 4.21. The summed E-state index contributed by atoms with van der Waals surface area (Å²) in [4.78, 5) is 5.30. The van der Waals surface area contributed by atoms with Gasteiger partial charge in [0.25, 0.3) is 0 Å². The lowest BCUT2D eigenvalue weighted by Crippen LogP contribution is -2.54. The van der Waals surface area contributed by atoms with Crippen LogP contribution in [0, 0.1) is 0 Å². The number of aliphatic hydroxyl groups is 1. The van der Waals surface area contributed by atoms with Crippen LogP contribution < -0.4 is 0 Å². The van der Waals surface area contributed by atoms with E-state index in [0.29, 0.717) is 6.04 Å². The molecule has 3 rings (SSSR count). The molecule has 1 aliphatic carbocycles. The second-order valence-corrected chi connectivity index (χ2v) is 6.45. The standard InChI is InChI=1S/C15H28N2O/c18-15-8-2-1-7-14(15)17-11-5-6-13(12-17)16-9-3-4-10-16/h13-15,18H,1-12H2. The fourth-order valence-electron chi connectivity index (χ4n) is 4.21. The SMILES string of the molecule is OC1CCCCC1N1CCCC(N2CCCC2)C1. The first-order chi connectivity index (χ1) is 8.84. The van der Waals surface area contributed by atoms with Gasteiger partial charge in [0.05, 0.1) is 6.10 Å². The summed E-state index contributed by atoms with van der Waals surface area (Å²) >= 11 is 0. The van der Waals surface area contributed by atoms with Gasteiger partial charge in [-0.3, -0.25) is 9.80 Å². The number of nitrogens with zero attached hydrogens (tertiary/aromatic N) is 2. The lowest BCUT2D eigenvalue weighted by atomic mass is 9.89. The quantitative estimate of drug-likeness (QED) is 0.812. The Balaban J connectivity index is 1.58. The zero-order valence-corrected chi connectivity index (χ0v) is 11.6. The molecule has 0 aromatic heterocycles. The molecule has 3 fully saturated rings. The third-order valence-electron chi connectivity index (χ3n) is 5.25. The molecule has 2 heterocycles. The Bertz CT molecular complexity index is 265. The highest BCUT2D eigenvalue weighted by Gasteiger charge is 2.34. The van der Waals surface area contributed by atoms with E-state index in [-0.39, 0.29) is 6.10 Å². The molecule has 3 atom stereocenters. The molecule has 2 aliphatic heterocycles. The Morgan fingerprint density at radius 2 is 1.44 bits per heavy atom. The van der Waals surface area contributed by atoms with Gasteiger partial charge in [-0.2, -0.15) is 0 Å². The van der Waals surface area contributed by atoms with Crippen molar-refractivity contribution in [3.05, 3.63) is 0 Å². The van der Waals surface area contributed by atoms with Crippen LogP contribution in [0.2, 0.25) is 0 Å². The molecule has 0 spiro atoms. The van der Waals surface area contributed by atoms with Crippen molar-refractivity contribution in [1.29, 1.82) is 0 Å². The van der Waals surface area contributed by atoms with Crippen LogP contribution in [-0.4, -0.2) is 59.3 Å². The predicted octanol–water partition coefficient (Wildman–Crippen LogP) is 1.85. The lowest BCUT2D eigenvalue weighted by Gasteiger charge is -2.44. The highest BCUT2D eigenvalue weighted by atomic mass is 16.3. The van der Waals surface area contributed by atoms with Crippen LogP contribution in [0.1, 0.15) is 51.4 Å². The highest BCUT2D eigenvalue weighted by Crippen LogP contribution is 2.28. The summed E-state index contributed by atoms with van der Waals surface area (Å²) in [5.41, 5.74) is 0. The third kappa shape index (κ3) is 2.73. The van der Waals surface area contributed by atoms with Crippen LogP contribution in [0.25, 0.3) is 0 Å². The molecule has 0 aromatic rings. The maximum absolute atomic E-state index is 10.2. The number of rotatable bonds is 2. The van der Waals surface area contributed by atoms with Gasteiger partial charge in [-0.05, 0) is 58.2 Å². The normalized spacial score (nSPS) is 40.2. The Kier molecular flexibility index (Phi) is 4.22. The first-order valence-electron chi connectivity index (χ1n) is 8.01. The number of likely N-dealkylation sites (tertiary alicyclic amines) is 2. The minimum atomic E-state index is -0.0592. The second kappa shape index (κ2) is 5.89. The van der Waals surface area contributed by atoms with Crippen molar-refractivity contribution in [2.75, 3.05) is 26.2 Å². The van der Waals surface area contributed by atoms with Gasteiger partial charge >= 0.3 is 0 Å². The van der Waals surface area contributed by atoms with Crippen molar-refractivity contribution in [1.82, 2.24) is 9.80 Å². The van der Waals surface area contributed by atoms with Crippen LogP contribution in [0.4, 0.5) is 0 Å². The van der Waals surface area contributed by atoms with Gasteiger partial charge < -0.3 is 5.11 Å². The van der Waals surface area contributed by atoms with E-state index in [1.807, 2.05) is 0 Å². The molecular weight excluding hydrogens is 224 g/mol. The van der Waals surface area contributed by atoms with Crippen LogP contribution >= 0.6 is 0 Å². The zero-order valence-electron chi connectivity index (χ0n) is 11.6. The molecular formula is C15H28N2O. The summed E-state index contributed by atoms with van der Waals surface area (Å²) in [6, 6.07) is 1.24. The lowest BCUT2D eigenvalue weighted by molar-refractivity contribution is -0.00737. The van der Waals surface area contributed by atoms with Crippen molar-refractivity contribution in [3.8, 4) is 0 Å². The summed E-state index contributed by atoms with van der Waals surface area (Å²) in [6.07, 6.45) is 10.2. The highest BCUT2D eigenvalue weighted by molar-refractivity contribution is 4.90. The Hall–Kier alpha value is -0.120. The fraction of sp³-hybridized carbons (Fsp3) is 1.00. The molecule has 104 valence electrons. The minimum absolute atomic E-state index is 0.0592. The van der Waals surface area contributed by atoms with Crippen molar-refractivity contribution < 1.29 is 5.11 Å². The van der Waals surface area contributed by atoms with E-state index in [1.54, 1.807) is 0 Å². The topological polar surface area (TPSA) is 26.7 Å². The summed E-state index contributed by atoms with van der Waals surface area (Å²) in [7, 11) is 0.